The van der Waals surface area contributed by atoms with E-state index < -0.39 is 0 Å². The second kappa shape index (κ2) is 10.0. The zero-order chi connectivity index (χ0) is 21.7. The molecule has 1 atom stereocenters. The number of nitrogens with zero attached hydrogens (tertiary/aromatic N) is 3. The molecule has 3 rings (SSSR count). The molecule has 3 amide bonds. The van der Waals surface area contributed by atoms with E-state index in [1.807, 2.05) is 18.7 Å². The monoisotopic (exact) mass is 448 g/mol. The molecule has 0 spiro atoms. The van der Waals surface area contributed by atoms with Gasteiger partial charge in [-0.1, -0.05) is 17.7 Å². The highest BCUT2D eigenvalue weighted by atomic mass is 35.5. The third kappa shape index (κ3) is 5.17. The highest BCUT2D eigenvalue weighted by Gasteiger charge is 2.31. The molecule has 160 valence electrons. The number of anilines is 1. The molecule has 1 aliphatic heterocycles. The molecule has 1 aromatic carbocycles. The standard InChI is InChI=1S/C21H25ClN4O3S/c1-3-25(4-2)19(28)15-8-6-10-26(12-15)20(29)17-13-30-21(23-17)24-18(27)14-7-5-9-16(22)11-14/h5,7,9,11,13,15H,3-4,6,8,10,12H2,1-2H3,(H,23,24,27)/t15-/m1/s1. The Morgan fingerprint density at radius 2 is 2.07 bits per heavy atom. The summed E-state index contributed by atoms with van der Waals surface area (Å²) >= 11 is 7.12. The van der Waals surface area contributed by atoms with E-state index in [1.165, 1.54) is 11.3 Å². The normalized spacial score (nSPS) is 16.2. The van der Waals surface area contributed by atoms with Crippen LogP contribution in [0.1, 0.15) is 47.5 Å². The number of hydrogen-bond donors (Lipinski definition) is 1. The van der Waals surface area contributed by atoms with Gasteiger partial charge in [0.25, 0.3) is 11.8 Å². The third-order valence-electron chi connectivity index (χ3n) is 5.16. The summed E-state index contributed by atoms with van der Waals surface area (Å²) in [5.41, 5.74) is 0.691. The maximum Gasteiger partial charge on any atom is 0.273 e. The van der Waals surface area contributed by atoms with Crippen LogP contribution in [0.15, 0.2) is 29.6 Å². The van der Waals surface area contributed by atoms with E-state index in [1.54, 1.807) is 34.5 Å². The smallest absolute Gasteiger partial charge is 0.273 e. The minimum Gasteiger partial charge on any atom is -0.343 e. The number of halogens is 1. The van der Waals surface area contributed by atoms with E-state index in [0.717, 1.165) is 12.8 Å². The fourth-order valence-electron chi connectivity index (χ4n) is 3.55. The number of piperidine rings is 1. The first-order valence-electron chi connectivity index (χ1n) is 10.0. The number of hydrogen-bond acceptors (Lipinski definition) is 5. The summed E-state index contributed by atoms with van der Waals surface area (Å²) in [6, 6.07) is 6.61. The van der Waals surface area contributed by atoms with Crippen LogP contribution in [0.25, 0.3) is 0 Å². The number of nitrogens with one attached hydrogen (secondary N) is 1. The highest BCUT2D eigenvalue weighted by Crippen LogP contribution is 2.23. The Kier molecular flexibility index (Phi) is 7.44. The first-order valence-corrected chi connectivity index (χ1v) is 11.3. The Balaban J connectivity index is 1.64. The molecular formula is C21H25ClN4O3S. The van der Waals surface area contributed by atoms with Crippen molar-refractivity contribution >= 4 is 45.8 Å². The number of thiazole rings is 1. The fourth-order valence-corrected chi connectivity index (χ4v) is 4.42. The van der Waals surface area contributed by atoms with Crippen LogP contribution in [-0.4, -0.2) is 58.7 Å². The summed E-state index contributed by atoms with van der Waals surface area (Å²) in [5, 5.41) is 5.14. The molecule has 1 aliphatic rings. The van der Waals surface area contributed by atoms with Gasteiger partial charge >= 0.3 is 0 Å². The van der Waals surface area contributed by atoms with E-state index >= 15 is 0 Å². The van der Waals surface area contributed by atoms with Gasteiger partial charge in [-0.25, -0.2) is 4.98 Å². The number of benzene rings is 1. The van der Waals surface area contributed by atoms with Crippen molar-refractivity contribution in [2.45, 2.75) is 26.7 Å². The molecule has 1 N–H and O–H groups in total. The molecule has 1 fully saturated rings. The van der Waals surface area contributed by atoms with Gasteiger partial charge in [-0.3, -0.25) is 19.7 Å². The second-order valence-corrected chi connectivity index (χ2v) is 8.40. The summed E-state index contributed by atoms with van der Waals surface area (Å²) in [6.07, 6.45) is 1.57. The zero-order valence-electron chi connectivity index (χ0n) is 17.1. The van der Waals surface area contributed by atoms with Crippen LogP contribution in [0, 0.1) is 5.92 Å². The van der Waals surface area contributed by atoms with Gasteiger partial charge in [0.15, 0.2) is 5.13 Å². The molecule has 30 heavy (non-hydrogen) atoms. The Morgan fingerprint density at radius 3 is 2.77 bits per heavy atom. The van der Waals surface area contributed by atoms with E-state index in [9.17, 15) is 14.4 Å². The van der Waals surface area contributed by atoms with E-state index in [2.05, 4.69) is 10.3 Å². The number of carbonyl (C=O) groups is 3. The number of aromatic nitrogens is 1. The third-order valence-corrected chi connectivity index (χ3v) is 6.16. The minimum atomic E-state index is -0.339. The molecule has 2 aromatic rings. The molecule has 1 aromatic heterocycles. The topological polar surface area (TPSA) is 82.6 Å². The van der Waals surface area contributed by atoms with Gasteiger partial charge in [0.05, 0.1) is 5.92 Å². The lowest BCUT2D eigenvalue weighted by Crippen LogP contribution is -2.46. The van der Waals surface area contributed by atoms with E-state index in [0.29, 0.717) is 41.9 Å². The van der Waals surface area contributed by atoms with Crippen molar-refractivity contribution in [2.24, 2.45) is 5.92 Å². The Labute approximate surface area is 185 Å². The SMILES string of the molecule is CCN(CC)C(=O)[C@@H]1CCCN(C(=O)c2csc(NC(=O)c3cccc(Cl)c3)n2)C1. The zero-order valence-corrected chi connectivity index (χ0v) is 18.6. The summed E-state index contributed by atoms with van der Waals surface area (Å²) in [6.45, 7) is 6.25. The van der Waals surface area contributed by atoms with Gasteiger partial charge in [-0.2, -0.15) is 0 Å². The maximum absolute atomic E-state index is 12.9. The maximum atomic E-state index is 12.9. The summed E-state index contributed by atoms with van der Waals surface area (Å²) in [7, 11) is 0. The van der Waals surface area contributed by atoms with Crippen molar-refractivity contribution in [3.63, 3.8) is 0 Å². The lowest BCUT2D eigenvalue weighted by molar-refractivity contribution is -0.136. The Hall–Kier alpha value is -2.45. The molecule has 0 saturated carbocycles. The molecule has 0 radical (unpaired) electrons. The summed E-state index contributed by atoms with van der Waals surface area (Å²) < 4.78 is 0. The predicted molar refractivity (Wildman–Crippen MR) is 118 cm³/mol. The number of likely N-dealkylation sites (tertiary alicyclic amines) is 1. The molecule has 2 heterocycles. The number of carbonyl (C=O) groups excluding carboxylic acids is 3. The van der Waals surface area contributed by atoms with Crippen LogP contribution in [0.5, 0.6) is 0 Å². The van der Waals surface area contributed by atoms with E-state index in [4.69, 9.17) is 11.6 Å². The second-order valence-electron chi connectivity index (χ2n) is 7.10. The predicted octanol–water partition coefficient (Wildman–Crippen LogP) is 3.77. The first kappa shape index (κ1) is 22.2. The fraction of sp³-hybridized carbons (Fsp3) is 0.429. The average molecular weight is 449 g/mol. The molecule has 1 saturated heterocycles. The van der Waals surface area contributed by atoms with Crippen LogP contribution in [-0.2, 0) is 4.79 Å². The molecule has 7 nitrogen and oxygen atoms in total. The minimum absolute atomic E-state index is 0.102. The average Bonchev–Trinajstić information content (AvgIpc) is 3.22. The molecule has 0 aliphatic carbocycles. The largest absolute Gasteiger partial charge is 0.343 e. The summed E-state index contributed by atoms with van der Waals surface area (Å²) in [4.78, 5) is 45.7. The van der Waals surface area contributed by atoms with Crippen LogP contribution >= 0.6 is 22.9 Å². The Morgan fingerprint density at radius 1 is 1.30 bits per heavy atom. The van der Waals surface area contributed by atoms with Gasteiger partial charge in [-0.05, 0) is 44.9 Å². The van der Waals surface area contributed by atoms with Gasteiger partial charge in [0, 0.05) is 42.1 Å². The van der Waals surface area contributed by atoms with Crippen LogP contribution in [0.2, 0.25) is 5.02 Å². The summed E-state index contributed by atoms with van der Waals surface area (Å²) in [5.74, 6) is -0.631. The van der Waals surface area contributed by atoms with Crippen molar-refractivity contribution in [3.05, 3.63) is 45.9 Å². The number of amides is 3. The molecule has 0 bridgehead atoms. The highest BCUT2D eigenvalue weighted by molar-refractivity contribution is 7.14. The molecule has 9 heteroatoms. The van der Waals surface area contributed by atoms with Gasteiger partial charge in [0.2, 0.25) is 5.91 Å². The lowest BCUT2D eigenvalue weighted by atomic mass is 9.96. The van der Waals surface area contributed by atoms with Gasteiger partial charge in [0.1, 0.15) is 5.69 Å². The van der Waals surface area contributed by atoms with Crippen LogP contribution in [0.3, 0.4) is 0 Å². The Bertz CT molecular complexity index is 928. The van der Waals surface area contributed by atoms with Crippen molar-refractivity contribution in [2.75, 3.05) is 31.5 Å². The van der Waals surface area contributed by atoms with Crippen molar-refractivity contribution in [3.8, 4) is 0 Å². The van der Waals surface area contributed by atoms with Crippen LogP contribution in [0.4, 0.5) is 5.13 Å². The first-order chi connectivity index (χ1) is 14.4. The van der Waals surface area contributed by atoms with E-state index in [-0.39, 0.29) is 29.3 Å². The number of rotatable bonds is 6. The van der Waals surface area contributed by atoms with Crippen molar-refractivity contribution in [1.82, 2.24) is 14.8 Å². The van der Waals surface area contributed by atoms with Gasteiger partial charge in [-0.15, -0.1) is 11.3 Å². The van der Waals surface area contributed by atoms with Crippen molar-refractivity contribution in [1.29, 1.82) is 0 Å². The van der Waals surface area contributed by atoms with Crippen LogP contribution < -0.4 is 5.32 Å². The molecule has 0 unspecified atom stereocenters. The lowest BCUT2D eigenvalue weighted by Gasteiger charge is -2.34. The molecular weight excluding hydrogens is 424 g/mol. The van der Waals surface area contributed by atoms with Crippen molar-refractivity contribution < 1.29 is 14.4 Å². The quantitative estimate of drug-likeness (QED) is 0.729. The van der Waals surface area contributed by atoms with Gasteiger partial charge < -0.3 is 9.80 Å².